The average Bonchev–Trinajstić information content (AvgIpc) is 2.29. The Morgan fingerprint density at radius 1 is 1.40 bits per heavy atom. The highest BCUT2D eigenvalue weighted by atomic mass is 16.5. The number of ether oxygens (including phenoxy) is 2. The van der Waals surface area contributed by atoms with Crippen molar-refractivity contribution in [1.82, 2.24) is 10.2 Å². The number of rotatable bonds is 7. The van der Waals surface area contributed by atoms with Crippen LogP contribution in [-0.2, 0) is 9.47 Å². The fourth-order valence-electron chi connectivity index (χ4n) is 1.67. The topological polar surface area (TPSA) is 54.0 Å². The fourth-order valence-corrected chi connectivity index (χ4v) is 1.67. The molecule has 0 bridgehead atoms. The largest absolute Gasteiger partial charge is 0.394 e. The zero-order valence-electron chi connectivity index (χ0n) is 9.45. The smallest absolute Gasteiger partial charge is 0.134 e. The van der Waals surface area contributed by atoms with E-state index in [0.717, 1.165) is 26.2 Å². The summed E-state index contributed by atoms with van der Waals surface area (Å²) in [5.74, 6) is 0. The average molecular weight is 218 g/mol. The van der Waals surface area contributed by atoms with Crippen LogP contribution in [0.4, 0.5) is 0 Å². The number of nitrogens with one attached hydrogen (secondary N) is 1. The fraction of sp³-hybridized carbons (Fsp3) is 1.00. The molecule has 0 aliphatic carbocycles. The Bertz CT molecular complexity index is 152. The molecule has 2 N–H and O–H groups in total. The first-order valence-corrected chi connectivity index (χ1v) is 5.63. The molecule has 15 heavy (non-hydrogen) atoms. The van der Waals surface area contributed by atoms with Crippen LogP contribution in [0.5, 0.6) is 0 Å². The van der Waals surface area contributed by atoms with E-state index in [4.69, 9.17) is 14.6 Å². The van der Waals surface area contributed by atoms with Gasteiger partial charge in [0.05, 0.1) is 19.8 Å². The van der Waals surface area contributed by atoms with Crippen molar-refractivity contribution in [1.29, 1.82) is 0 Å². The van der Waals surface area contributed by atoms with Crippen molar-refractivity contribution in [2.24, 2.45) is 0 Å². The molecule has 1 fully saturated rings. The predicted octanol–water partition coefficient (Wildman–Crippen LogP) is -0.737. The number of hydrogen-bond acceptors (Lipinski definition) is 5. The zero-order chi connectivity index (χ0) is 10.9. The van der Waals surface area contributed by atoms with Crippen molar-refractivity contribution in [3.63, 3.8) is 0 Å². The van der Waals surface area contributed by atoms with Crippen LogP contribution in [0.1, 0.15) is 6.92 Å². The van der Waals surface area contributed by atoms with E-state index in [2.05, 4.69) is 10.2 Å². The summed E-state index contributed by atoms with van der Waals surface area (Å²) < 4.78 is 10.9. The number of hydrogen-bond donors (Lipinski definition) is 2. The molecule has 0 saturated carbocycles. The summed E-state index contributed by atoms with van der Waals surface area (Å²) in [5.41, 5.74) is 0. The van der Waals surface area contributed by atoms with E-state index in [1.54, 1.807) is 0 Å². The van der Waals surface area contributed by atoms with Gasteiger partial charge >= 0.3 is 0 Å². The van der Waals surface area contributed by atoms with Gasteiger partial charge in [0.15, 0.2) is 0 Å². The van der Waals surface area contributed by atoms with Gasteiger partial charge in [0, 0.05) is 32.8 Å². The van der Waals surface area contributed by atoms with Crippen LogP contribution in [0.2, 0.25) is 0 Å². The second-order valence-electron chi connectivity index (χ2n) is 3.49. The Balaban J connectivity index is 2.26. The summed E-state index contributed by atoms with van der Waals surface area (Å²) in [6, 6.07) is 0. The Labute approximate surface area is 91.3 Å². The van der Waals surface area contributed by atoms with Gasteiger partial charge in [-0.15, -0.1) is 0 Å². The Morgan fingerprint density at radius 2 is 2.13 bits per heavy atom. The molecular formula is C10H22N2O3. The monoisotopic (exact) mass is 218 g/mol. The lowest BCUT2D eigenvalue weighted by atomic mass is 10.3. The van der Waals surface area contributed by atoms with Gasteiger partial charge in [0.1, 0.15) is 6.23 Å². The van der Waals surface area contributed by atoms with E-state index in [0.29, 0.717) is 19.8 Å². The zero-order valence-corrected chi connectivity index (χ0v) is 9.45. The van der Waals surface area contributed by atoms with Crippen LogP contribution in [0.25, 0.3) is 0 Å². The summed E-state index contributed by atoms with van der Waals surface area (Å²) in [4.78, 5) is 2.28. The summed E-state index contributed by atoms with van der Waals surface area (Å²) >= 11 is 0. The SMILES string of the molecule is CCOC(COCCO)N1CCNCC1. The third-order valence-corrected chi connectivity index (χ3v) is 2.41. The van der Waals surface area contributed by atoms with Crippen LogP contribution in [0.15, 0.2) is 0 Å². The lowest BCUT2D eigenvalue weighted by Crippen LogP contribution is -2.51. The minimum Gasteiger partial charge on any atom is -0.394 e. The molecule has 1 saturated heterocycles. The van der Waals surface area contributed by atoms with Gasteiger partial charge in [-0.2, -0.15) is 0 Å². The summed E-state index contributed by atoms with van der Waals surface area (Å²) in [7, 11) is 0. The molecule has 0 spiro atoms. The lowest BCUT2D eigenvalue weighted by molar-refractivity contribution is -0.104. The molecule has 1 unspecified atom stereocenters. The van der Waals surface area contributed by atoms with Crippen molar-refractivity contribution in [3.8, 4) is 0 Å². The molecule has 5 nitrogen and oxygen atoms in total. The van der Waals surface area contributed by atoms with Gasteiger partial charge < -0.3 is 19.9 Å². The number of aliphatic hydroxyl groups excluding tert-OH is 1. The molecule has 1 heterocycles. The maximum Gasteiger partial charge on any atom is 0.134 e. The van der Waals surface area contributed by atoms with E-state index in [1.165, 1.54) is 0 Å². The second kappa shape index (κ2) is 8.01. The minimum atomic E-state index is 0.0312. The van der Waals surface area contributed by atoms with Crippen LogP contribution in [-0.4, -0.2) is 68.8 Å². The Morgan fingerprint density at radius 3 is 2.73 bits per heavy atom. The minimum absolute atomic E-state index is 0.0312. The number of piperazine rings is 1. The van der Waals surface area contributed by atoms with Crippen molar-refractivity contribution in [2.75, 3.05) is 52.6 Å². The molecule has 90 valence electrons. The standard InChI is InChI=1S/C10H22N2O3/c1-2-15-10(9-14-8-7-13)12-5-3-11-4-6-12/h10-11,13H,2-9H2,1H3. The first-order valence-electron chi connectivity index (χ1n) is 5.63. The van der Waals surface area contributed by atoms with Crippen LogP contribution < -0.4 is 5.32 Å². The molecule has 0 amide bonds. The highest BCUT2D eigenvalue weighted by molar-refractivity contribution is 4.70. The van der Waals surface area contributed by atoms with Crippen molar-refractivity contribution in [3.05, 3.63) is 0 Å². The molecule has 0 aromatic carbocycles. The molecule has 0 radical (unpaired) electrons. The van der Waals surface area contributed by atoms with Crippen molar-refractivity contribution >= 4 is 0 Å². The van der Waals surface area contributed by atoms with Crippen molar-refractivity contribution in [2.45, 2.75) is 13.2 Å². The second-order valence-corrected chi connectivity index (χ2v) is 3.49. The van der Waals surface area contributed by atoms with E-state index in [-0.39, 0.29) is 12.8 Å². The first-order chi connectivity index (χ1) is 7.38. The predicted molar refractivity (Wildman–Crippen MR) is 57.8 cm³/mol. The highest BCUT2D eigenvalue weighted by Crippen LogP contribution is 2.04. The number of aliphatic hydroxyl groups is 1. The third kappa shape index (κ3) is 4.90. The molecule has 1 aliphatic heterocycles. The van der Waals surface area contributed by atoms with E-state index in [1.807, 2.05) is 6.92 Å². The van der Waals surface area contributed by atoms with Crippen LogP contribution in [0, 0.1) is 0 Å². The van der Waals surface area contributed by atoms with E-state index < -0.39 is 0 Å². The third-order valence-electron chi connectivity index (χ3n) is 2.41. The molecule has 1 aliphatic rings. The van der Waals surface area contributed by atoms with Crippen molar-refractivity contribution < 1.29 is 14.6 Å². The van der Waals surface area contributed by atoms with Gasteiger partial charge in [-0.1, -0.05) is 0 Å². The van der Waals surface area contributed by atoms with Gasteiger partial charge in [-0.05, 0) is 6.92 Å². The Hall–Kier alpha value is -0.200. The number of nitrogens with zero attached hydrogens (tertiary/aromatic N) is 1. The summed E-state index contributed by atoms with van der Waals surface area (Å²) in [6.07, 6.45) is 0.0312. The highest BCUT2D eigenvalue weighted by Gasteiger charge is 2.20. The molecule has 1 atom stereocenters. The van der Waals surface area contributed by atoms with Gasteiger partial charge in [0.25, 0.3) is 0 Å². The molecule has 0 aromatic rings. The van der Waals surface area contributed by atoms with E-state index in [9.17, 15) is 0 Å². The summed E-state index contributed by atoms with van der Waals surface area (Å²) in [5, 5.41) is 11.9. The van der Waals surface area contributed by atoms with Gasteiger partial charge in [-0.25, -0.2) is 0 Å². The quantitative estimate of drug-likeness (QED) is 0.551. The van der Waals surface area contributed by atoms with Gasteiger partial charge in [0.2, 0.25) is 0 Å². The molecule has 1 rings (SSSR count). The molecule has 5 heteroatoms. The van der Waals surface area contributed by atoms with Crippen LogP contribution >= 0.6 is 0 Å². The maximum absolute atomic E-state index is 8.63. The van der Waals surface area contributed by atoms with Gasteiger partial charge in [-0.3, -0.25) is 4.90 Å². The lowest BCUT2D eigenvalue weighted by Gasteiger charge is -2.34. The summed E-state index contributed by atoms with van der Waals surface area (Å²) in [6.45, 7) is 7.66. The molecular weight excluding hydrogens is 196 g/mol. The first kappa shape index (κ1) is 12.9. The normalized spacial score (nSPS) is 20.4. The van der Waals surface area contributed by atoms with E-state index >= 15 is 0 Å². The van der Waals surface area contributed by atoms with Crippen LogP contribution in [0.3, 0.4) is 0 Å². The maximum atomic E-state index is 8.63. The molecule has 0 aromatic heterocycles. The Kier molecular flexibility index (Phi) is 6.87.